The molecule has 0 aliphatic carbocycles. The number of amides is 1. The van der Waals surface area contributed by atoms with Crippen molar-refractivity contribution in [3.63, 3.8) is 0 Å². The average Bonchev–Trinajstić information content (AvgIpc) is 2.27. The normalized spacial score (nSPS) is 22.9. The summed E-state index contributed by atoms with van der Waals surface area (Å²) in [7, 11) is 0. The standard InChI is InChI=1S/C14H18N2O2/c1-9-8-10(2)18-14(15-9)12-4-6-13(7-5-12)16-11(3)17/h4-7,9-10H,8H2,1-3H3,(H,16,17). The first kappa shape index (κ1) is 12.6. The lowest BCUT2D eigenvalue weighted by molar-refractivity contribution is -0.114. The van der Waals surface area contributed by atoms with Crippen LogP contribution >= 0.6 is 0 Å². The largest absolute Gasteiger partial charge is 0.474 e. The van der Waals surface area contributed by atoms with Gasteiger partial charge >= 0.3 is 0 Å². The number of hydrogen-bond acceptors (Lipinski definition) is 3. The Labute approximate surface area is 107 Å². The lowest BCUT2D eigenvalue weighted by Gasteiger charge is -2.24. The maximum absolute atomic E-state index is 10.9. The van der Waals surface area contributed by atoms with Gasteiger partial charge in [0.15, 0.2) is 0 Å². The van der Waals surface area contributed by atoms with Gasteiger partial charge in [0.1, 0.15) is 0 Å². The zero-order valence-electron chi connectivity index (χ0n) is 10.9. The van der Waals surface area contributed by atoms with Gasteiger partial charge in [-0.1, -0.05) is 0 Å². The first-order chi connectivity index (χ1) is 8.54. The fraction of sp³-hybridized carbons (Fsp3) is 0.429. The number of carbonyl (C=O) groups excluding carboxylic acids is 1. The maximum Gasteiger partial charge on any atom is 0.221 e. The van der Waals surface area contributed by atoms with Gasteiger partial charge in [-0.05, 0) is 38.1 Å². The van der Waals surface area contributed by atoms with Crippen LogP contribution in [0.2, 0.25) is 0 Å². The summed E-state index contributed by atoms with van der Waals surface area (Å²) in [6, 6.07) is 7.82. The molecule has 1 heterocycles. The van der Waals surface area contributed by atoms with Crippen molar-refractivity contribution >= 4 is 17.5 Å². The number of aliphatic imine (C=N–C) groups is 1. The van der Waals surface area contributed by atoms with Crippen LogP contribution in [0.25, 0.3) is 0 Å². The van der Waals surface area contributed by atoms with Crippen LogP contribution in [-0.4, -0.2) is 24.0 Å². The van der Waals surface area contributed by atoms with E-state index in [2.05, 4.69) is 24.2 Å². The Balaban J connectivity index is 2.16. The summed E-state index contributed by atoms with van der Waals surface area (Å²) in [5.74, 6) is 0.617. The highest BCUT2D eigenvalue weighted by Gasteiger charge is 2.19. The number of carbonyl (C=O) groups is 1. The Bertz CT molecular complexity index is 465. The van der Waals surface area contributed by atoms with E-state index in [9.17, 15) is 4.79 Å². The van der Waals surface area contributed by atoms with Crippen molar-refractivity contribution in [2.45, 2.75) is 39.3 Å². The molecule has 96 valence electrons. The Morgan fingerprint density at radius 3 is 2.56 bits per heavy atom. The van der Waals surface area contributed by atoms with E-state index in [0.717, 1.165) is 17.7 Å². The minimum atomic E-state index is -0.0729. The third-order valence-corrected chi connectivity index (χ3v) is 2.78. The number of nitrogens with zero attached hydrogens (tertiary/aromatic N) is 1. The maximum atomic E-state index is 10.9. The van der Waals surface area contributed by atoms with Crippen molar-refractivity contribution < 1.29 is 9.53 Å². The minimum absolute atomic E-state index is 0.0729. The zero-order chi connectivity index (χ0) is 13.1. The van der Waals surface area contributed by atoms with Crippen LogP contribution in [-0.2, 0) is 9.53 Å². The van der Waals surface area contributed by atoms with E-state index in [1.165, 1.54) is 6.92 Å². The molecule has 4 nitrogen and oxygen atoms in total. The summed E-state index contributed by atoms with van der Waals surface area (Å²) in [6.07, 6.45) is 1.15. The second-order valence-corrected chi connectivity index (χ2v) is 4.71. The molecule has 1 N–H and O–H groups in total. The van der Waals surface area contributed by atoms with Gasteiger partial charge in [-0.2, -0.15) is 0 Å². The monoisotopic (exact) mass is 246 g/mol. The molecule has 4 heteroatoms. The van der Waals surface area contributed by atoms with Gasteiger partial charge in [0.2, 0.25) is 11.8 Å². The number of anilines is 1. The molecule has 0 aromatic heterocycles. The number of hydrogen-bond donors (Lipinski definition) is 1. The number of ether oxygens (including phenoxy) is 1. The third kappa shape index (κ3) is 3.09. The molecule has 1 aromatic rings. The van der Waals surface area contributed by atoms with Crippen LogP contribution in [0.5, 0.6) is 0 Å². The van der Waals surface area contributed by atoms with Crippen LogP contribution in [0.15, 0.2) is 29.3 Å². The SMILES string of the molecule is CC(=O)Nc1ccc(C2=NC(C)CC(C)O2)cc1. The van der Waals surface area contributed by atoms with Gasteiger partial charge in [0.05, 0.1) is 12.1 Å². The topological polar surface area (TPSA) is 50.7 Å². The second kappa shape index (κ2) is 5.21. The highest BCUT2D eigenvalue weighted by molar-refractivity contribution is 5.95. The lowest BCUT2D eigenvalue weighted by Crippen LogP contribution is -2.26. The van der Waals surface area contributed by atoms with Crippen molar-refractivity contribution in [2.24, 2.45) is 4.99 Å². The van der Waals surface area contributed by atoms with E-state index in [1.54, 1.807) is 0 Å². The number of rotatable bonds is 2. The lowest BCUT2D eigenvalue weighted by atomic mass is 10.1. The van der Waals surface area contributed by atoms with Crippen LogP contribution in [0, 0.1) is 0 Å². The van der Waals surface area contributed by atoms with Crippen molar-refractivity contribution in [2.75, 3.05) is 5.32 Å². The molecule has 0 fully saturated rings. The van der Waals surface area contributed by atoms with Crippen LogP contribution < -0.4 is 5.32 Å². The average molecular weight is 246 g/mol. The van der Waals surface area contributed by atoms with Gasteiger partial charge < -0.3 is 10.1 Å². The summed E-state index contributed by atoms with van der Waals surface area (Å²) in [5, 5.41) is 2.73. The molecule has 0 saturated heterocycles. The second-order valence-electron chi connectivity index (χ2n) is 4.71. The number of benzene rings is 1. The number of nitrogens with one attached hydrogen (secondary N) is 1. The summed E-state index contributed by atoms with van der Waals surface area (Å²) >= 11 is 0. The molecule has 2 atom stereocenters. The molecule has 0 radical (unpaired) electrons. The molecule has 2 rings (SSSR count). The molecule has 2 unspecified atom stereocenters. The van der Waals surface area contributed by atoms with E-state index in [0.29, 0.717) is 11.9 Å². The molecular weight excluding hydrogens is 228 g/mol. The van der Waals surface area contributed by atoms with Crippen LogP contribution in [0.4, 0.5) is 5.69 Å². The smallest absolute Gasteiger partial charge is 0.221 e. The van der Waals surface area contributed by atoms with Crippen molar-refractivity contribution in [1.82, 2.24) is 0 Å². The van der Waals surface area contributed by atoms with Gasteiger partial charge in [-0.15, -0.1) is 0 Å². The molecule has 0 bridgehead atoms. The fourth-order valence-corrected chi connectivity index (χ4v) is 2.04. The molecule has 1 aromatic carbocycles. The Kier molecular flexibility index (Phi) is 3.65. The van der Waals surface area contributed by atoms with Gasteiger partial charge in [-0.3, -0.25) is 4.79 Å². The van der Waals surface area contributed by atoms with E-state index < -0.39 is 0 Å². The third-order valence-electron chi connectivity index (χ3n) is 2.78. The zero-order valence-corrected chi connectivity index (χ0v) is 10.9. The summed E-state index contributed by atoms with van der Waals surface area (Å²) in [6.45, 7) is 5.63. The Morgan fingerprint density at radius 1 is 1.33 bits per heavy atom. The van der Waals surface area contributed by atoms with Gasteiger partial charge in [-0.25, -0.2) is 4.99 Å². The Morgan fingerprint density at radius 2 is 2.00 bits per heavy atom. The first-order valence-corrected chi connectivity index (χ1v) is 6.17. The predicted molar refractivity (Wildman–Crippen MR) is 71.9 cm³/mol. The van der Waals surface area contributed by atoms with E-state index in [-0.39, 0.29) is 12.0 Å². The van der Waals surface area contributed by atoms with Crippen molar-refractivity contribution in [1.29, 1.82) is 0 Å². The molecule has 0 saturated carbocycles. The van der Waals surface area contributed by atoms with Crippen LogP contribution in [0.1, 0.15) is 32.8 Å². The molecule has 18 heavy (non-hydrogen) atoms. The minimum Gasteiger partial charge on any atom is -0.474 e. The predicted octanol–water partition coefficient (Wildman–Crippen LogP) is 2.59. The van der Waals surface area contributed by atoms with E-state index >= 15 is 0 Å². The Hall–Kier alpha value is -1.84. The first-order valence-electron chi connectivity index (χ1n) is 6.17. The highest BCUT2D eigenvalue weighted by atomic mass is 16.5. The van der Waals surface area contributed by atoms with E-state index in [4.69, 9.17) is 4.74 Å². The molecule has 0 spiro atoms. The summed E-state index contributed by atoms with van der Waals surface area (Å²) < 4.78 is 5.73. The van der Waals surface area contributed by atoms with Gasteiger partial charge in [0.25, 0.3) is 0 Å². The summed E-state index contributed by atoms with van der Waals surface area (Å²) in [5.41, 5.74) is 1.73. The van der Waals surface area contributed by atoms with E-state index in [1.807, 2.05) is 24.3 Å². The summed E-state index contributed by atoms with van der Waals surface area (Å²) in [4.78, 5) is 15.4. The molecular formula is C14H18N2O2. The highest BCUT2D eigenvalue weighted by Crippen LogP contribution is 2.18. The molecule has 1 aliphatic heterocycles. The fourth-order valence-electron chi connectivity index (χ4n) is 2.04. The molecule has 1 aliphatic rings. The molecule has 1 amide bonds. The van der Waals surface area contributed by atoms with Crippen molar-refractivity contribution in [3.8, 4) is 0 Å². The quantitative estimate of drug-likeness (QED) is 0.872. The van der Waals surface area contributed by atoms with Crippen LogP contribution in [0.3, 0.4) is 0 Å². The van der Waals surface area contributed by atoms with Gasteiger partial charge in [0, 0.05) is 24.6 Å². The van der Waals surface area contributed by atoms with Crippen molar-refractivity contribution in [3.05, 3.63) is 29.8 Å².